The summed E-state index contributed by atoms with van der Waals surface area (Å²) in [7, 11) is 0. The first-order chi connectivity index (χ1) is 8.63. The third-order valence-electron chi connectivity index (χ3n) is 4.81. The average Bonchev–Trinajstić information content (AvgIpc) is 2.88. The van der Waals surface area contributed by atoms with Gasteiger partial charge >= 0.3 is 0 Å². The molecule has 18 heavy (non-hydrogen) atoms. The molecule has 3 aliphatic rings. The Kier molecular flexibility index (Phi) is 2.94. The van der Waals surface area contributed by atoms with E-state index >= 15 is 0 Å². The van der Waals surface area contributed by atoms with E-state index < -0.39 is 11.7 Å². The number of hydrogen-bond acceptors (Lipinski definition) is 3. The van der Waals surface area contributed by atoms with Crippen molar-refractivity contribution in [1.82, 2.24) is 5.32 Å². The summed E-state index contributed by atoms with van der Waals surface area (Å²) in [5.41, 5.74) is -0.526. The first-order valence-electron chi connectivity index (χ1n) is 6.92. The van der Waals surface area contributed by atoms with Gasteiger partial charge in [-0.2, -0.15) is 0 Å². The maximum absolute atomic E-state index is 11.9. The maximum atomic E-state index is 11.9. The molecule has 3 rings (SSSR count). The van der Waals surface area contributed by atoms with Crippen molar-refractivity contribution in [3.05, 3.63) is 12.2 Å². The van der Waals surface area contributed by atoms with E-state index in [0.717, 1.165) is 25.7 Å². The average molecular weight is 251 g/mol. The zero-order valence-electron chi connectivity index (χ0n) is 10.8. The van der Waals surface area contributed by atoms with Crippen molar-refractivity contribution in [2.45, 2.75) is 50.4 Å². The minimum Gasteiger partial charge on any atom is -0.390 e. The van der Waals surface area contributed by atoms with Gasteiger partial charge in [0, 0.05) is 12.5 Å². The fourth-order valence-electron chi connectivity index (χ4n) is 3.67. The number of aliphatic hydroxyl groups excluding tert-OH is 1. The molecule has 0 aromatic rings. The lowest BCUT2D eigenvalue weighted by Crippen LogP contribution is -2.53. The second kappa shape index (κ2) is 4.35. The molecule has 2 heterocycles. The standard InChI is InChI=1S/C14H21NO3/c1-14-10(7-8-18-14)13(17)15-12(14)11(16)9-5-3-2-4-6-9/h3,5,9-12,16H,2,4,6-8H2,1H3,(H,15,17)/t9-,10?,11+,12-,14+/m1/s1. The van der Waals surface area contributed by atoms with Gasteiger partial charge < -0.3 is 15.2 Å². The first kappa shape index (κ1) is 12.2. The van der Waals surface area contributed by atoms with Gasteiger partial charge in [-0.05, 0) is 32.6 Å². The van der Waals surface area contributed by atoms with Gasteiger partial charge in [0.2, 0.25) is 5.91 Å². The van der Waals surface area contributed by atoms with Crippen molar-refractivity contribution in [1.29, 1.82) is 0 Å². The van der Waals surface area contributed by atoms with Gasteiger partial charge in [-0.1, -0.05) is 12.2 Å². The molecular formula is C14H21NO3. The van der Waals surface area contributed by atoms with E-state index in [1.165, 1.54) is 0 Å². The lowest BCUT2D eigenvalue weighted by molar-refractivity contribution is -0.123. The molecule has 100 valence electrons. The van der Waals surface area contributed by atoms with E-state index in [1.807, 2.05) is 6.92 Å². The summed E-state index contributed by atoms with van der Waals surface area (Å²) in [6, 6.07) is -0.273. The molecule has 0 aromatic carbocycles. The largest absolute Gasteiger partial charge is 0.390 e. The normalized spacial score (nSPS) is 44.8. The Morgan fingerprint density at radius 1 is 1.56 bits per heavy atom. The van der Waals surface area contributed by atoms with Crippen LogP contribution in [-0.4, -0.2) is 35.4 Å². The van der Waals surface area contributed by atoms with Crippen LogP contribution in [0.5, 0.6) is 0 Å². The summed E-state index contributed by atoms with van der Waals surface area (Å²) >= 11 is 0. The van der Waals surface area contributed by atoms with Gasteiger partial charge in [0.15, 0.2) is 0 Å². The van der Waals surface area contributed by atoms with Crippen LogP contribution in [0.15, 0.2) is 12.2 Å². The smallest absolute Gasteiger partial charge is 0.226 e. The summed E-state index contributed by atoms with van der Waals surface area (Å²) in [4.78, 5) is 11.9. The van der Waals surface area contributed by atoms with Crippen LogP contribution in [0.2, 0.25) is 0 Å². The van der Waals surface area contributed by atoms with Crippen LogP contribution in [-0.2, 0) is 9.53 Å². The van der Waals surface area contributed by atoms with Crippen molar-refractivity contribution in [3.8, 4) is 0 Å². The summed E-state index contributed by atoms with van der Waals surface area (Å²) in [5, 5.41) is 13.5. The van der Waals surface area contributed by atoms with Crippen LogP contribution in [0.4, 0.5) is 0 Å². The minimum absolute atomic E-state index is 0.0406. The molecule has 5 atom stereocenters. The van der Waals surface area contributed by atoms with Gasteiger partial charge in [0.1, 0.15) is 0 Å². The summed E-state index contributed by atoms with van der Waals surface area (Å²) in [5.74, 6) is 0.0902. The highest BCUT2D eigenvalue weighted by atomic mass is 16.5. The molecule has 1 unspecified atom stereocenters. The number of hydrogen-bond donors (Lipinski definition) is 2. The van der Waals surface area contributed by atoms with E-state index in [4.69, 9.17) is 4.74 Å². The zero-order chi connectivity index (χ0) is 12.8. The van der Waals surface area contributed by atoms with E-state index in [-0.39, 0.29) is 23.8 Å². The van der Waals surface area contributed by atoms with E-state index in [2.05, 4.69) is 17.5 Å². The number of carbonyl (C=O) groups excluding carboxylic acids is 1. The predicted octanol–water partition coefficient (Wildman–Crippen LogP) is 0.997. The third kappa shape index (κ3) is 1.70. The molecule has 4 nitrogen and oxygen atoms in total. The summed E-state index contributed by atoms with van der Waals surface area (Å²) in [6.45, 7) is 2.58. The Morgan fingerprint density at radius 2 is 2.39 bits per heavy atom. The highest BCUT2D eigenvalue weighted by molar-refractivity contribution is 5.84. The Hall–Kier alpha value is -0.870. The van der Waals surface area contributed by atoms with Crippen molar-refractivity contribution in [2.24, 2.45) is 11.8 Å². The van der Waals surface area contributed by atoms with Gasteiger partial charge in [0.25, 0.3) is 0 Å². The summed E-state index contributed by atoms with van der Waals surface area (Å²) < 4.78 is 5.79. The van der Waals surface area contributed by atoms with E-state index in [9.17, 15) is 9.90 Å². The molecular weight excluding hydrogens is 230 g/mol. The number of amides is 1. The van der Waals surface area contributed by atoms with Gasteiger partial charge in [-0.3, -0.25) is 4.79 Å². The fraction of sp³-hybridized carbons (Fsp3) is 0.786. The zero-order valence-corrected chi connectivity index (χ0v) is 10.8. The molecule has 0 radical (unpaired) electrons. The van der Waals surface area contributed by atoms with E-state index in [1.54, 1.807) is 0 Å². The van der Waals surface area contributed by atoms with Gasteiger partial charge in [-0.25, -0.2) is 0 Å². The number of ether oxygens (including phenoxy) is 1. The number of nitrogens with one attached hydrogen (secondary N) is 1. The number of aliphatic hydroxyl groups is 1. The number of rotatable bonds is 2. The lowest BCUT2D eigenvalue weighted by atomic mass is 9.79. The van der Waals surface area contributed by atoms with Gasteiger partial charge in [-0.15, -0.1) is 0 Å². The minimum atomic E-state index is -0.543. The Balaban J connectivity index is 1.81. The first-order valence-corrected chi connectivity index (χ1v) is 6.92. The van der Waals surface area contributed by atoms with Gasteiger partial charge in [0.05, 0.1) is 23.7 Å². The quantitative estimate of drug-likeness (QED) is 0.720. The van der Waals surface area contributed by atoms with Crippen LogP contribution in [0.3, 0.4) is 0 Å². The molecule has 1 amide bonds. The number of allylic oxidation sites excluding steroid dienone is 1. The maximum Gasteiger partial charge on any atom is 0.226 e. The van der Waals surface area contributed by atoms with Crippen LogP contribution in [0.1, 0.15) is 32.6 Å². The Morgan fingerprint density at radius 3 is 3.11 bits per heavy atom. The topological polar surface area (TPSA) is 58.6 Å². The monoisotopic (exact) mass is 251 g/mol. The fourth-order valence-corrected chi connectivity index (χ4v) is 3.67. The van der Waals surface area contributed by atoms with Crippen molar-refractivity contribution in [3.63, 3.8) is 0 Å². The molecule has 4 heteroatoms. The van der Waals surface area contributed by atoms with Crippen LogP contribution in [0, 0.1) is 11.8 Å². The van der Waals surface area contributed by atoms with Crippen LogP contribution < -0.4 is 5.32 Å². The van der Waals surface area contributed by atoms with Crippen molar-refractivity contribution >= 4 is 5.91 Å². The number of fused-ring (bicyclic) bond motifs is 1. The SMILES string of the molecule is C[C@]12OCCC1C(=O)N[C@@H]2[C@@H](O)[C@@H]1C=CCCC1. The Labute approximate surface area is 107 Å². The molecule has 2 fully saturated rings. The molecule has 0 saturated carbocycles. The van der Waals surface area contributed by atoms with Crippen molar-refractivity contribution < 1.29 is 14.6 Å². The summed E-state index contributed by atoms with van der Waals surface area (Å²) in [6.07, 6.45) is 7.64. The highest BCUT2D eigenvalue weighted by Crippen LogP contribution is 2.42. The molecule has 2 N–H and O–H groups in total. The highest BCUT2D eigenvalue weighted by Gasteiger charge is 2.58. The second-order valence-corrected chi connectivity index (χ2v) is 5.87. The lowest BCUT2D eigenvalue weighted by Gasteiger charge is -2.35. The van der Waals surface area contributed by atoms with Crippen LogP contribution >= 0.6 is 0 Å². The van der Waals surface area contributed by atoms with Crippen LogP contribution in [0.25, 0.3) is 0 Å². The predicted molar refractivity (Wildman–Crippen MR) is 66.9 cm³/mol. The molecule has 1 aliphatic carbocycles. The van der Waals surface area contributed by atoms with Crippen molar-refractivity contribution in [2.75, 3.05) is 6.61 Å². The number of carbonyl (C=O) groups is 1. The molecule has 2 saturated heterocycles. The molecule has 0 aromatic heterocycles. The molecule has 0 bridgehead atoms. The van der Waals surface area contributed by atoms with E-state index in [0.29, 0.717) is 6.61 Å². The Bertz CT molecular complexity index is 381. The molecule has 2 aliphatic heterocycles. The molecule has 0 spiro atoms. The second-order valence-electron chi connectivity index (χ2n) is 5.87. The third-order valence-corrected chi connectivity index (χ3v) is 4.81.